The molecule has 0 unspecified atom stereocenters. The Labute approximate surface area is 102 Å². The van der Waals surface area contributed by atoms with Crippen molar-refractivity contribution < 1.29 is 17.6 Å². The van der Waals surface area contributed by atoms with Gasteiger partial charge in [0.25, 0.3) is 0 Å². The second-order valence-electron chi connectivity index (χ2n) is 3.91. The zero-order valence-corrected chi connectivity index (χ0v) is 11.4. The minimum atomic E-state index is -2.20. The molecule has 0 fully saturated rings. The van der Waals surface area contributed by atoms with E-state index in [1.54, 1.807) is 14.2 Å². The quantitative estimate of drug-likeness (QED) is 0.731. The van der Waals surface area contributed by atoms with Crippen LogP contribution in [0.3, 0.4) is 0 Å². The van der Waals surface area contributed by atoms with E-state index in [1.807, 2.05) is 6.92 Å². The molecular formula is C12H18F2O2Si. The molecule has 0 amide bonds. The summed E-state index contributed by atoms with van der Waals surface area (Å²) in [6.07, 6.45) is 0.508. The molecule has 1 aromatic rings. The normalized spacial score (nSPS) is 11.8. The van der Waals surface area contributed by atoms with Crippen molar-refractivity contribution in [1.82, 2.24) is 0 Å². The number of hydrogen-bond donors (Lipinski definition) is 0. The highest BCUT2D eigenvalue weighted by Gasteiger charge is 2.32. The predicted octanol–water partition coefficient (Wildman–Crippen LogP) is 3.26. The van der Waals surface area contributed by atoms with E-state index in [2.05, 4.69) is 0 Å². The van der Waals surface area contributed by atoms with E-state index in [1.165, 1.54) is 12.1 Å². The van der Waals surface area contributed by atoms with Crippen LogP contribution in [0.15, 0.2) is 18.2 Å². The number of aryl methyl sites for hydroxylation is 1. The van der Waals surface area contributed by atoms with Crippen LogP contribution in [0.2, 0.25) is 12.1 Å². The molecule has 0 saturated carbocycles. The highest BCUT2D eigenvalue weighted by molar-refractivity contribution is 6.67. The van der Waals surface area contributed by atoms with Crippen LogP contribution in [0, 0.1) is 11.6 Å². The van der Waals surface area contributed by atoms with Crippen LogP contribution in [-0.2, 0) is 15.3 Å². The number of halogens is 2. The van der Waals surface area contributed by atoms with Gasteiger partial charge in [0.05, 0.1) is 0 Å². The Bertz CT molecular complexity index is 359. The van der Waals surface area contributed by atoms with Crippen LogP contribution in [0.5, 0.6) is 0 Å². The van der Waals surface area contributed by atoms with Gasteiger partial charge in [-0.05, 0) is 30.1 Å². The van der Waals surface area contributed by atoms with Crippen molar-refractivity contribution in [2.75, 3.05) is 14.2 Å². The second-order valence-corrected chi connectivity index (χ2v) is 7.75. The van der Waals surface area contributed by atoms with E-state index in [0.717, 1.165) is 12.1 Å². The third-order valence-corrected chi connectivity index (χ3v) is 6.65. The maximum atomic E-state index is 13.4. The van der Waals surface area contributed by atoms with Gasteiger partial charge in [0.15, 0.2) is 0 Å². The Kier molecular flexibility index (Phi) is 5.23. The molecule has 1 rings (SSSR count). The average molecular weight is 260 g/mol. The standard InChI is InChI=1S/C12H18F2O2Si/c1-4-17(15-2,16-3)8-7-10-5-6-11(13)9-12(10)14/h5-6,9H,4,7-8H2,1-3H3. The minimum absolute atomic E-state index is 0.504. The summed E-state index contributed by atoms with van der Waals surface area (Å²) in [5.41, 5.74) is 0.505. The van der Waals surface area contributed by atoms with E-state index in [-0.39, 0.29) is 0 Å². The third kappa shape index (κ3) is 3.59. The fraction of sp³-hybridized carbons (Fsp3) is 0.500. The molecule has 0 spiro atoms. The van der Waals surface area contributed by atoms with Gasteiger partial charge >= 0.3 is 8.56 Å². The molecule has 0 aromatic heterocycles. The minimum Gasteiger partial charge on any atom is -0.398 e. The summed E-state index contributed by atoms with van der Waals surface area (Å²) >= 11 is 0. The third-order valence-electron chi connectivity index (χ3n) is 3.07. The van der Waals surface area contributed by atoms with Crippen molar-refractivity contribution in [2.45, 2.75) is 25.4 Å². The summed E-state index contributed by atoms with van der Waals surface area (Å²) in [7, 11) is 1.05. The van der Waals surface area contributed by atoms with Gasteiger partial charge < -0.3 is 8.85 Å². The molecule has 0 bridgehead atoms. The maximum Gasteiger partial charge on any atom is 0.337 e. The second kappa shape index (κ2) is 6.23. The monoisotopic (exact) mass is 260 g/mol. The number of benzene rings is 1. The molecule has 17 heavy (non-hydrogen) atoms. The topological polar surface area (TPSA) is 18.5 Å². The van der Waals surface area contributed by atoms with Crippen molar-refractivity contribution in [1.29, 1.82) is 0 Å². The fourth-order valence-corrected chi connectivity index (χ4v) is 3.96. The summed E-state index contributed by atoms with van der Waals surface area (Å²) < 4.78 is 37.1. The summed E-state index contributed by atoms with van der Waals surface area (Å²) in [5, 5.41) is 0. The Hall–Kier alpha value is -0.783. The van der Waals surface area contributed by atoms with Crippen LogP contribution >= 0.6 is 0 Å². The van der Waals surface area contributed by atoms with Crippen LogP contribution in [0.25, 0.3) is 0 Å². The maximum absolute atomic E-state index is 13.4. The van der Waals surface area contributed by atoms with Gasteiger partial charge in [0.1, 0.15) is 11.6 Å². The lowest BCUT2D eigenvalue weighted by Crippen LogP contribution is -2.39. The van der Waals surface area contributed by atoms with Gasteiger partial charge in [-0.15, -0.1) is 0 Å². The van der Waals surface area contributed by atoms with Crippen molar-refractivity contribution in [3.05, 3.63) is 35.4 Å². The van der Waals surface area contributed by atoms with E-state index in [0.29, 0.717) is 18.0 Å². The number of hydrogen-bond acceptors (Lipinski definition) is 2. The lowest BCUT2D eigenvalue weighted by Gasteiger charge is -2.26. The molecule has 2 nitrogen and oxygen atoms in total. The van der Waals surface area contributed by atoms with Gasteiger partial charge in [-0.2, -0.15) is 0 Å². The largest absolute Gasteiger partial charge is 0.398 e. The lowest BCUT2D eigenvalue weighted by atomic mass is 10.1. The molecule has 5 heteroatoms. The molecule has 96 valence electrons. The summed E-state index contributed by atoms with van der Waals surface area (Å²) in [6.45, 7) is 2.00. The van der Waals surface area contributed by atoms with E-state index in [9.17, 15) is 8.78 Å². The van der Waals surface area contributed by atoms with Crippen molar-refractivity contribution in [3.63, 3.8) is 0 Å². The SMILES string of the molecule is CC[Si](CCc1ccc(F)cc1F)(OC)OC. The average Bonchev–Trinajstić information content (AvgIpc) is 2.33. The molecule has 0 aliphatic rings. The molecule has 0 heterocycles. The van der Waals surface area contributed by atoms with Crippen LogP contribution in [-0.4, -0.2) is 22.8 Å². The molecule has 0 N–H and O–H groups in total. The molecular weight excluding hydrogens is 242 g/mol. The van der Waals surface area contributed by atoms with Gasteiger partial charge in [-0.25, -0.2) is 8.78 Å². The van der Waals surface area contributed by atoms with Crippen molar-refractivity contribution >= 4 is 8.56 Å². The smallest absolute Gasteiger partial charge is 0.337 e. The molecule has 0 aliphatic heterocycles. The first-order valence-electron chi connectivity index (χ1n) is 5.61. The van der Waals surface area contributed by atoms with Gasteiger partial charge in [-0.3, -0.25) is 0 Å². The highest BCUT2D eigenvalue weighted by atomic mass is 28.4. The van der Waals surface area contributed by atoms with Gasteiger partial charge in [-0.1, -0.05) is 13.0 Å². The number of rotatable bonds is 6. The molecule has 0 atom stereocenters. The van der Waals surface area contributed by atoms with Gasteiger partial charge in [0.2, 0.25) is 0 Å². The molecule has 0 saturated heterocycles. The van der Waals surface area contributed by atoms with Crippen LogP contribution < -0.4 is 0 Å². The first-order valence-corrected chi connectivity index (χ1v) is 7.84. The highest BCUT2D eigenvalue weighted by Crippen LogP contribution is 2.21. The van der Waals surface area contributed by atoms with Crippen molar-refractivity contribution in [3.8, 4) is 0 Å². The summed E-state index contributed by atoms with van der Waals surface area (Å²) in [5.74, 6) is -1.06. The molecule has 1 aromatic carbocycles. The first kappa shape index (κ1) is 14.3. The zero-order chi connectivity index (χ0) is 12.9. The van der Waals surface area contributed by atoms with E-state index in [4.69, 9.17) is 8.85 Å². The molecule has 0 radical (unpaired) electrons. The van der Waals surface area contributed by atoms with Crippen LogP contribution in [0.1, 0.15) is 12.5 Å². The Morgan fingerprint density at radius 2 is 1.82 bits per heavy atom. The lowest BCUT2D eigenvalue weighted by molar-refractivity contribution is 0.242. The Balaban J connectivity index is 2.72. The zero-order valence-electron chi connectivity index (χ0n) is 10.4. The first-order chi connectivity index (χ1) is 8.06. The van der Waals surface area contributed by atoms with Gasteiger partial charge in [0, 0.05) is 20.3 Å². The summed E-state index contributed by atoms with van der Waals surface area (Å²) in [6, 6.07) is 5.13. The molecule has 0 aliphatic carbocycles. The van der Waals surface area contributed by atoms with Crippen LogP contribution in [0.4, 0.5) is 8.78 Å². The van der Waals surface area contributed by atoms with E-state index >= 15 is 0 Å². The van der Waals surface area contributed by atoms with Crippen molar-refractivity contribution in [2.24, 2.45) is 0 Å². The van der Waals surface area contributed by atoms with E-state index < -0.39 is 20.2 Å². The Morgan fingerprint density at radius 3 is 2.29 bits per heavy atom. The fourth-order valence-electron chi connectivity index (χ4n) is 1.80. The Morgan fingerprint density at radius 1 is 1.18 bits per heavy atom. The predicted molar refractivity (Wildman–Crippen MR) is 65.1 cm³/mol. The summed E-state index contributed by atoms with van der Waals surface area (Å²) in [4.78, 5) is 0.